The molecular weight excluding hydrogens is 262 g/mol. The van der Waals surface area contributed by atoms with E-state index in [-0.39, 0.29) is 17.2 Å². The molecule has 2 N–H and O–H groups in total. The summed E-state index contributed by atoms with van der Waals surface area (Å²) >= 11 is 0. The molecule has 1 aromatic carbocycles. The molecule has 110 valence electrons. The minimum atomic E-state index is -0.000425. The lowest BCUT2D eigenvalue weighted by atomic mass is 9.92. The SMILES string of the molecule is CC(C)(C)c1cc(NC(=O)C2Cc3ccccc3C2)n[nH]1. The highest BCUT2D eigenvalue weighted by molar-refractivity contribution is 5.92. The predicted octanol–water partition coefficient (Wildman–Crippen LogP) is 3.06. The number of fused-ring (bicyclic) bond motifs is 1. The molecule has 4 heteroatoms. The van der Waals surface area contributed by atoms with Crippen molar-refractivity contribution in [1.82, 2.24) is 10.2 Å². The van der Waals surface area contributed by atoms with Gasteiger partial charge in [-0.1, -0.05) is 45.0 Å². The number of hydrogen-bond donors (Lipinski definition) is 2. The summed E-state index contributed by atoms with van der Waals surface area (Å²) in [5.41, 5.74) is 3.59. The predicted molar refractivity (Wildman–Crippen MR) is 83.3 cm³/mol. The summed E-state index contributed by atoms with van der Waals surface area (Å²) in [6.07, 6.45) is 1.64. The minimum absolute atomic E-state index is 0.000425. The van der Waals surface area contributed by atoms with Crippen LogP contribution in [-0.4, -0.2) is 16.1 Å². The largest absolute Gasteiger partial charge is 0.309 e. The smallest absolute Gasteiger partial charge is 0.229 e. The lowest BCUT2D eigenvalue weighted by Crippen LogP contribution is -2.23. The monoisotopic (exact) mass is 283 g/mol. The number of hydrogen-bond acceptors (Lipinski definition) is 2. The third-order valence-corrected chi connectivity index (χ3v) is 4.06. The quantitative estimate of drug-likeness (QED) is 0.890. The molecule has 0 aliphatic heterocycles. The van der Waals surface area contributed by atoms with Crippen LogP contribution in [0, 0.1) is 5.92 Å². The molecule has 0 bridgehead atoms. The van der Waals surface area contributed by atoms with Crippen LogP contribution in [0.5, 0.6) is 0 Å². The standard InChI is InChI=1S/C17H21N3O/c1-17(2,3)14-10-15(20-19-14)18-16(21)13-8-11-6-4-5-7-12(11)9-13/h4-7,10,13H,8-9H2,1-3H3,(H2,18,19,20,21). The van der Waals surface area contributed by atoms with Crippen LogP contribution in [0.15, 0.2) is 30.3 Å². The van der Waals surface area contributed by atoms with Crippen LogP contribution >= 0.6 is 0 Å². The number of aromatic amines is 1. The number of amides is 1. The first-order chi connectivity index (χ1) is 9.93. The van der Waals surface area contributed by atoms with Crippen molar-refractivity contribution in [3.05, 3.63) is 47.2 Å². The van der Waals surface area contributed by atoms with Gasteiger partial charge in [0.25, 0.3) is 0 Å². The fraction of sp³-hybridized carbons (Fsp3) is 0.412. The van der Waals surface area contributed by atoms with Crippen molar-refractivity contribution in [2.24, 2.45) is 5.92 Å². The van der Waals surface area contributed by atoms with Gasteiger partial charge in [0.2, 0.25) is 5.91 Å². The van der Waals surface area contributed by atoms with Crippen LogP contribution in [0.4, 0.5) is 5.82 Å². The highest BCUT2D eigenvalue weighted by Crippen LogP contribution is 2.28. The third kappa shape index (κ3) is 2.84. The molecule has 1 amide bonds. The molecule has 3 rings (SSSR count). The van der Waals surface area contributed by atoms with Crippen LogP contribution in [0.3, 0.4) is 0 Å². The van der Waals surface area contributed by atoms with Crippen molar-refractivity contribution in [3.8, 4) is 0 Å². The second-order valence-electron chi connectivity index (χ2n) is 6.78. The molecule has 0 unspecified atom stereocenters. The average molecular weight is 283 g/mol. The van der Waals surface area contributed by atoms with Crippen molar-refractivity contribution in [2.75, 3.05) is 5.32 Å². The molecular formula is C17H21N3O. The Morgan fingerprint density at radius 2 is 1.86 bits per heavy atom. The Morgan fingerprint density at radius 1 is 1.24 bits per heavy atom. The first-order valence-corrected chi connectivity index (χ1v) is 7.37. The number of carbonyl (C=O) groups excluding carboxylic acids is 1. The third-order valence-electron chi connectivity index (χ3n) is 4.06. The van der Waals surface area contributed by atoms with E-state index < -0.39 is 0 Å². The number of rotatable bonds is 2. The molecule has 21 heavy (non-hydrogen) atoms. The van der Waals surface area contributed by atoms with Gasteiger partial charge < -0.3 is 5.32 Å². The molecule has 0 saturated carbocycles. The number of nitrogens with one attached hydrogen (secondary N) is 2. The van der Waals surface area contributed by atoms with Crippen molar-refractivity contribution in [1.29, 1.82) is 0 Å². The van der Waals surface area contributed by atoms with Crippen molar-refractivity contribution in [3.63, 3.8) is 0 Å². The van der Waals surface area contributed by atoms with E-state index in [1.54, 1.807) is 0 Å². The van der Waals surface area contributed by atoms with Crippen LogP contribution in [0.2, 0.25) is 0 Å². The number of nitrogens with zero attached hydrogens (tertiary/aromatic N) is 1. The molecule has 1 aliphatic rings. The Bertz CT molecular complexity index is 642. The van der Waals surface area contributed by atoms with E-state index >= 15 is 0 Å². The molecule has 1 aromatic heterocycles. The second kappa shape index (κ2) is 5.02. The first-order valence-electron chi connectivity index (χ1n) is 7.37. The van der Waals surface area contributed by atoms with E-state index in [0.717, 1.165) is 18.5 Å². The van der Waals surface area contributed by atoms with E-state index in [1.807, 2.05) is 18.2 Å². The lowest BCUT2D eigenvalue weighted by Gasteiger charge is -2.14. The van der Waals surface area contributed by atoms with Gasteiger partial charge in [0.05, 0.1) is 0 Å². The summed E-state index contributed by atoms with van der Waals surface area (Å²) in [6, 6.07) is 10.2. The van der Waals surface area contributed by atoms with E-state index in [2.05, 4.69) is 48.4 Å². The van der Waals surface area contributed by atoms with Gasteiger partial charge in [-0.15, -0.1) is 0 Å². The summed E-state index contributed by atoms with van der Waals surface area (Å²) in [5, 5.41) is 10.1. The Hall–Kier alpha value is -2.10. The van der Waals surface area contributed by atoms with Gasteiger partial charge in [-0.2, -0.15) is 5.10 Å². The van der Waals surface area contributed by atoms with Gasteiger partial charge in [-0.3, -0.25) is 9.89 Å². The number of aromatic nitrogens is 2. The van der Waals surface area contributed by atoms with Gasteiger partial charge in [0.1, 0.15) is 0 Å². The summed E-state index contributed by atoms with van der Waals surface area (Å²) in [5.74, 6) is 0.677. The average Bonchev–Trinajstić information content (AvgIpc) is 3.03. The summed E-state index contributed by atoms with van der Waals surface area (Å²) in [6.45, 7) is 6.33. The normalized spacial score (nSPS) is 15.0. The highest BCUT2D eigenvalue weighted by atomic mass is 16.2. The molecule has 1 aliphatic carbocycles. The highest BCUT2D eigenvalue weighted by Gasteiger charge is 2.27. The van der Waals surface area contributed by atoms with Gasteiger partial charge in [-0.05, 0) is 24.0 Å². The Labute approximate surface area is 125 Å². The minimum Gasteiger partial charge on any atom is -0.309 e. The number of anilines is 1. The molecule has 0 spiro atoms. The Morgan fingerprint density at radius 3 is 2.38 bits per heavy atom. The molecule has 0 fully saturated rings. The Balaban J connectivity index is 1.67. The summed E-state index contributed by atoms with van der Waals surface area (Å²) in [7, 11) is 0. The zero-order valence-corrected chi connectivity index (χ0v) is 12.7. The maximum absolute atomic E-state index is 12.4. The molecule has 2 aromatic rings. The van der Waals surface area contributed by atoms with E-state index in [0.29, 0.717) is 5.82 Å². The van der Waals surface area contributed by atoms with Crippen LogP contribution < -0.4 is 5.32 Å². The molecule has 1 heterocycles. The fourth-order valence-electron chi connectivity index (χ4n) is 2.74. The zero-order valence-electron chi connectivity index (χ0n) is 12.7. The van der Waals surface area contributed by atoms with E-state index in [4.69, 9.17) is 0 Å². The molecule has 0 saturated heterocycles. The van der Waals surface area contributed by atoms with Gasteiger partial charge in [-0.25, -0.2) is 0 Å². The van der Waals surface area contributed by atoms with Crippen molar-refractivity contribution < 1.29 is 4.79 Å². The number of H-pyrrole nitrogens is 1. The van der Waals surface area contributed by atoms with E-state index in [1.165, 1.54) is 11.1 Å². The van der Waals surface area contributed by atoms with Crippen LogP contribution in [-0.2, 0) is 23.1 Å². The number of carbonyl (C=O) groups is 1. The lowest BCUT2D eigenvalue weighted by molar-refractivity contribution is -0.119. The summed E-state index contributed by atoms with van der Waals surface area (Å²) < 4.78 is 0. The molecule has 0 atom stereocenters. The molecule has 0 radical (unpaired) electrons. The summed E-state index contributed by atoms with van der Waals surface area (Å²) in [4.78, 5) is 12.4. The van der Waals surface area contributed by atoms with Gasteiger partial charge >= 0.3 is 0 Å². The second-order valence-corrected chi connectivity index (χ2v) is 6.78. The van der Waals surface area contributed by atoms with Gasteiger partial charge in [0, 0.05) is 23.1 Å². The van der Waals surface area contributed by atoms with Crippen molar-refractivity contribution in [2.45, 2.75) is 39.0 Å². The van der Waals surface area contributed by atoms with Gasteiger partial charge in [0.15, 0.2) is 5.82 Å². The molecule has 4 nitrogen and oxygen atoms in total. The van der Waals surface area contributed by atoms with Crippen molar-refractivity contribution >= 4 is 11.7 Å². The maximum Gasteiger partial charge on any atom is 0.229 e. The Kier molecular flexibility index (Phi) is 3.32. The maximum atomic E-state index is 12.4. The van der Waals surface area contributed by atoms with Crippen LogP contribution in [0.1, 0.15) is 37.6 Å². The van der Waals surface area contributed by atoms with Crippen LogP contribution in [0.25, 0.3) is 0 Å². The zero-order chi connectivity index (χ0) is 15.0. The first kappa shape index (κ1) is 13.9. The fourth-order valence-corrected chi connectivity index (χ4v) is 2.74. The topological polar surface area (TPSA) is 57.8 Å². The number of benzene rings is 1. The van der Waals surface area contributed by atoms with E-state index in [9.17, 15) is 4.79 Å².